The Morgan fingerprint density at radius 3 is 2.70 bits per heavy atom. The second-order valence-electron chi connectivity index (χ2n) is 5.04. The first-order valence-electron chi connectivity index (χ1n) is 6.52. The minimum atomic E-state index is -0.355. The fraction of sp³-hybridized carbons (Fsp3) is 0.357. The van der Waals surface area contributed by atoms with Crippen LogP contribution in [0.5, 0.6) is 0 Å². The van der Waals surface area contributed by atoms with Gasteiger partial charge in [0.15, 0.2) is 5.96 Å². The molecule has 1 aromatic carbocycles. The van der Waals surface area contributed by atoms with Crippen LogP contribution in [0.4, 0.5) is 0 Å². The summed E-state index contributed by atoms with van der Waals surface area (Å²) in [4.78, 5) is 4.41. The lowest BCUT2D eigenvalue weighted by Gasteiger charge is -2.31. The summed E-state index contributed by atoms with van der Waals surface area (Å²) in [5.41, 5.74) is 5.46. The van der Waals surface area contributed by atoms with Gasteiger partial charge >= 0.3 is 0 Å². The second-order valence-corrected chi connectivity index (χ2v) is 5.04. The number of hydrogen-bond donors (Lipinski definition) is 3. The maximum Gasteiger partial charge on any atom is 0.193 e. The number of guanidine groups is 1. The number of halogens is 1. The molecule has 3 rings (SSSR count). The number of aliphatic imine (C=N–C) groups is 1. The van der Waals surface area contributed by atoms with E-state index >= 15 is 0 Å². The van der Waals surface area contributed by atoms with Crippen molar-refractivity contribution in [2.45, 2.75) is 12.6 Å². The summed E-state index contributed by atoms with van der Waals surface area (Å²) in [5.74, 6) is 0.854. The molecule has 0 saturated carbocycles. The third kappa shape index (κ3) is 2.73. The molecule has 1 atom stereocenters. The lowest BCUT2D eigenvalue weighted by atomic mass is 9.96. The van der Waals surface area contributed by atoms with Crippen LogP contribution in [-0.4, -0.2) is 36.8 Å². The van der Waals surface area contributed by atoms with Gasteiger partial charge in [0.25, 0.3) is 0 Å². The number of hydrazine groups is 1. The Kier molecular flexibility index (Phi) is 4.20. The van der Waals surface area contributed by atoms with Gasteiger partial charge in [-0.2, -0.15) is 0 Å². The van der Waals surface area contributed by atoms with Gasteiger partial charge in [-0.25, -0.2) is 5.43 Å². The van der Waals surface area contributed by atoms with E-state index in [2.05, 4.69) is 58.4 Å². The SMILES string of the molecule is CN1C=C(c2ccccc2)C(C)(NC2=NCCN2)N1.Cl. The molecule has 0 radical (unpaired) electrons. The predicted octanol–water partition coefficient (Wildman–Crippen LogP) is 1.16. The molecular formula is C14H20ClN5. The number of rotatable bonds is 2. The van der Waals surface area contributed by atoms with Crippen LogP contribution in [0.25, 0.3) is 5.57 Å². The van der Waals surface area contributed by atoms with Crippen molar-refractivity contribution in [1.29, 1.82) is 0 Å². The monoisotopic (exact) mass is 293 g/mol. The molecular weight excluding hydrogens is 274 g/mol. The fourth-order valence-electron chi connectivity index (χ4n) is 2.56. The van der Waals surface area contributed by atoms with Crippen molar-refractivity contribution in [2.24, 2.45) is 4.99 Å². The Balaban J connectivity index is 0.00000147. The van der Waals surface area contributed by atoms with Gasteiger partial charge in [-0.1, -0.05) is 30.3 Å². The first kappa shape index (κ1) is 14.7. The van der Waals surface area contributed by atoms with Gasteiger partial charge in [-0.05, 0) is 12.5 Å². The lowest BCUT2D eigenvalue weighted by molar-refractivity contribution is 0.257. The summed E-state index contributed by atoms with van der Waals surface area (Å²) in [7, 11) is 2.00. The second kappa shape index (κ2) is 5.73. The molecule has 2 heterocycles. The average Bonchev–Trinajstić information content (AvgIpc) is 2.99. The zero-order chi connectivity index (χ0) is 13.3. The van der Waals surface area contributed by atoms with Crippen LogP contribution in [0.15, 0.2) is 41.5 Å². The minimum absolute atomic E-state index is 0. The Morgan fingerprint density at radius 2 is 2.05 bits per heavy atom. The third-order valence-corrected chi connectivity index (χ3v) is 3.39. The molecule has 2 aliphatic heterocycles. The zero-order valence-electron chi connectivity index (χ0n) is 11.7. The summed E-state index contributed by atoms with van der Waals surface area (Å²) in [6.45, 7) is 3.86. The Morgan fingerprint density at radius 1 is 1.30 bits per heavy atom. The largest absolute Gasteiger partial charge is 0.354 e. The van der Waals surface area contributed by atoms with Crippen LogP contribution < -0.4 is 16.1 Å². The van der Waals surface area contributed by atoms with Gasteiger partial charge in [0.05, 0.1) is 6.54 Å². The molecule has 0 saturated heterocycles. The molecule has 0 spiro atoms. The van der Waals surface area contributed by atoms with Crippen molar-refractivity contribution in [2.75, 3.05) is 20.1 Å². The molecule has 0 bridgehead atoms. The van der Waals surface area contributed by atoms with Gasteiger partial charge in [-0.3, -0.25) is 4.99 Å². The number of hydrogen-bond acceptors (Lipinski definition) is 5. The van der Waals surface area contributed by atoms with Gasteiger partial charge in [0, 0.05) is 25.4 Å². The van der Waals surface area contributed by atoms with Crippen LogP contribution in [0.1, 0.15) is 12.5 Å². The Hall–Kier alpha value is -1.72. The van der Waals surface area contributed by atoms with E-state index in [0.29, 0.717) is 0 Å². The normalized spacial score (nSPS) is 24.6. The number of benzene rings is 1. The summed E-state index contributed by atoms with van der Waals surface area (Å²) >= 11 is 0. The number of nitrogens with zero attached hydrogens (tertiary/aromatic N) is 2. The molecule has 0 aliphatic carbocycles. The first-order valence-corrected chi connectivity index (χ1v) is 6.52. The molecule has 6 heteroatoms. The van der Waals surface area contributed by atoms with E-state index in [4.69, 9.17) is 0 Å². The standard InChI is InChI=1S/C14H19N5.ClH/c1-14(17-13-15-8-9-16-13)12(10-19(2)18-14)11-6-4-3-5-7-11;/h3-7,10,18H,8-9H2,1-2H3,(H2,15,16,17);1H. The van der Waals surface area contributed by atoms with E-state index in [1.165, 1.54) is 11.1 Å². The highest BCUT2D eigenvalue weighted by Crippen LogP contribution is 2.29. The number of nitrogens with one attached hydrogen (secondary N) is 3. The Bertz CT molecular complexity index is 528. The zero-order valence-corrected chi connectivity index (χ0v) is 12.5. The topological polar surface area (TPSA) is 51.7 Å². The van der Waals surface area contributed by atoms with Crippen LogP contribution in [0.3, 0.4) is 0 Å². The smallest absolute Gasteiger partial charge is 0.193 e. The molecule has 0 fully saturated rings. The van der Waals surface area contributed by atoms with Gasteiger partial charge < -0.3 is 15.6 Å². The molecule has 2 aliphatic rings. The van der Waals surface area contributed by atoms with E-state index in [9.17, 15) is 0 Å². The van der Waals surface area contributed by atoms with E-state index in [0.717, 1.165) is 19.0 Å². The van der Waals surface area contributed by atoms with Crippen molar-refractivity contribution in [3.63, 3.8) is 0 Å². The highest BCUT2D eigenvalue weighted by atomic mass is 35.5. The third-order valence-electron chi connectivity index (χ3n) is 3.39. The van der Waals surface area contributed by atoms with Gasteiger partial charge in [0.1, 0.15) is 5.66 Å². The minimum Gasteiger partial charge on any atom is -0.354 e. The Labute approximate surface area is 125 Å². The van der Waals surface area contributed by atoms with Gasteiger partial charge in [-0.15, -0.1) is 12.4 Å². The molecule has 1 aromatic rings. The highest BCUT2D eigenvalue weighted by molar-refractivity contribution is 5.86. The molecule has 0 aromatic heterocycles. The maximum absolute atomic E-state index is 4.41. The quantitative estimate of drug-likeness (QED) is 0.766. The summed E-state index contributed by atoms with van der Waals surface area (Å²) in [5, 5.41) is 8.68. The van der Waals surface area contributed by atoms with E-state index in [1.807, 2.05) is 18.1 Å². The maximum atomic E-state index is 4.41. The van der Waals surface area contributed by atoms with E-state index < -0.39 is 0 Å². The van der Waals surface area contributed by atoms with Gasteiger partial charge in [0.2, 0.25) is 0 Å². The fourth-order valence-corrected chi connectivity index (χ4v) is 2.56. The predicted molar refractivity (Wildman–Crippen MR) is 84.4 cm³/mol. The van der Waals surface area contributed by atoms with E-state index in [-0.39, 0.29) is 18.1 Å². The van der Waals surface area contributed by atoms with Crippen molar-refractivity contribution in [1.82, 2.24) is 21.1 Å². The van der Waals surface area contributed by atoms with Crippen LogP contribution in [0, 0.1) is 0 Å². The van der Waals surface area contributed by atoms with Crippen molar-refractivity contribution >= 4 is 23.9 Å². The summed E-state index contributed by atoms with van der Waals surface area (Å²) in [6, 6.07) is 10.4. The highest BCUT2D eigenvalue weighted by Gasteiger charge is 2.36. The molecule has 5 nitrogen and oxygen atoms in total. The molecule has 0 amide bonds. The summed E-state index contributed by atoms with van der Waals surface area (Å²) in [6.07, 6.45) is 2.11. The average molecular weight is 294 g/mol. The lowest BCUT2D eigenvalue weighted by Crippen LogP contribution is -2.59. The van der Waals surface area contributed by atoms with Crippen LogP contribution in [-0.2, 0) is 0 Å². The molecule has 20 heavy (non-hydrogen) atoms. The molecule has 108 valence electrons. The van der Waals surface area contributed by atoms with Crippen molar-refractivity contribution < 1.29 is 0 Å². The summed E-state index contributed by atoms with van der Waals surface area (Å²) < 4.78 is 0. The van der Waals surface area contributed by atoms with Crippen molar-refractivity contribution in [3.8, 4) is 0 Å². The van der Waals surface area contributed by atoms with Crippen LogP contribution in [0.2, 0.25) is 0 Å². The molecule has 1 unspecified atom stereocenters. The van der Waals surface area contributed by atoms with E-state index in [1.54, 1.807) is 0 Å². The van der Waals surface area contributed by atoms with Crippen LogP contribution >= 0.6 is 12.4 Å². The van der Waals surface area contributed by atoms with Crippen molar-refractivity contribution in [3.05, 3.63) is 42.1 Å². The molecule has 3 N–H and O–H groups in total. The first-order chi connectivity index (χ1) is 9.17.